The molecule has 1 aliphatic heterocycles. The Morgan fingerprint density at radius 1 is 1.18 bits per heavy atom. The maximum Gasteiger partial charge on any atom is 0.258 e. The predicted octanol–water partition coefficient (Wildman–Crippen LogP) is 1.81. The topological polar surface area (TPSA) is 41.6 Å². The van der Waals surface area contributed by atoms with Crippen LogP contribution in [-0.4, -0.2) is 43.6 Å². The van der Waals surface area contributed by atoms with Crippen LogP contribution in [0.3, 0.4) is 0 Å². The molecule has 0 unspecified atom stereocenters. The lowest BCUT2D eigenvalue weighted by Gasteiger charge is -2.23. The normalized spacial score (nSPS) is 14.8. The van der Waals surface area contributed by atoms with Gasteiger partial charge in [0.15, 0.2) is 6.61 Å². The highest BCUT2D eigenvalue weighted by Gasteiger charge is 2.07. The predicted molar refractivity (Wildman–Crippen MR) is 83.0 cm³/mol. The minimum absolute atomic E-state index is 0.0978. The Labute approximate surface area is 130 Å². The zero-order valence-electron chi connectivity index (χ0n) is 12.6. The zero-order valence-corrected chi connectivity index (χ0v) is 12.6. The van der Waals surface area contributed by atoms with E-state index in [0.29, 0.717) is 12.3 Å². The molecule has 0 atom stereocenters. The van der Waals surface area contributed by atoms with Crippen molar-refractivity contribution in [3.63, 3.8) is 0 Å². The van der Waals surface area contributed by atoms with E-state index in [1.807, 2.05) is 0 Å². The minimum atomic E-state index is -0.333. The van der Waals surface area contributed by atoms with Gasteiger partial charge in [0.05, 0.1) is 13.1 Å². The summed E-state index contributed by atoms with van der Waals surface area (Å²) in [6.45, 7) is 3.22. The van der Waals surface area contributed by atoms with Crippen LogP contribution in [0.25, 0.3) is 0 Å². The van der Waals surface area contributed by atoms with E-state index in [9.17, 15) is 9.18 Å². The maximum atomic E-state index is 12.7. The summed E-state index contributed by atoms with van der Waals surface area (Å²) < 4.78 is 17.9. The molecule has 118 valence electrons. The molecule has 0 radical (unpaired) electrons. The largest absolute Gasteiger partial charge is 0.484 e. The summed E-state index contributed by atoms with van der Waals surface area (Å²) in [5, 5.41) is 2.67. The Kier molecular flexibility index (Phi) is 6.72. The second kappa shape index (κ2) is 9.06. The van der Waals surface area contributed by atoms with Crippen LogP contribution in [-0.2, 0) is 4.79 Å². The van der Waals surface area contributed by atoms with Gasteiger partial charge in [0.2, 0.25) is 0 Å². The summed E-state index contributed by atoms with van der Waals surface area (Å²) in [5.74, 6) is 5.90. The number of hydrogen-bond donors (Lipinski definition) is 1. The molecule has 1 aromatic carbocycles. The number of nitrogens with one attached hydrogen (secondary N) is 1. The van der Waals surface area contributed by atoms with E-state index in [1.54, 1.807) is 0 Å². The first-order valence-corrected chi connectivity index (χ1v) is 7.57. The molecule has 22 heavy (non-hydrogen) atoms. The molecule has 4 nitrogen and oxygen atoms in total. The first kappa shape index (κ1) is 16.3. The molecule has 0 aromatic heterocycles. The van der Waals surface area contributed by atoms with Crippen LogP contribution in [0.15, 0.2) is 24.3 Å². The van der Waals surface area contributed by atoms with E-state index < -0.39 is 0 Å². The summed E-state index contributed by atoms with van der Waals surface area (Å²) in [7, 11) is 0. The van der Waals surface area contributed by atoms with E-state index in [0.717, 1.165) is 19.6 Å². The molecular formula is C17H21FN2O2. The fourth-order valence-electron chi connectivity index (χ4n) is 2.22. The van der Waals surface area contributed by atoms with Crippen molar-refractivity contribution in [1.82, 2.24) is 10.2 Å². The van der Waals surface area contributed by atoms with Gasteiger partial charge in [0, 0.05) is 0 Å². The lowest BCUT2D eigenvalue weighted by atomic mass is 10.1. The van der Waals surface area contributed by atoms with Crippen molar-refractivity contribution < 1.29 is 13.9 Å². The number of rotatable bonds is 5. The van der Waals surface area contributed by atoms with Crippen molar-refractivity contribution >= 4 is 5.91 Å². The molecule has 1 heterocycles. The summed E-state index contributed by atoms with van der Waals surface area (Å²) in [6, 6.07) is 5.56. The molecule has 1 saturated heterocycles. The van der Waals surface area contributed by atoms with Gasteiger partial charge in [-0.1, -0.05) is 18.3 Å². The third kappa shape index (κ3) is 6.15. The quantitative estimate of drug-likeness (QED) is 0.844. The van der Waals surface area contributed by atoms with Crippen molar-refractivity contribution in [2.75, 3.05) is 32.8 Å². The van der Waals surface area contributed by atoms with Gasteiger partial charge in [-0.2, -0.15) is 0 Å². The average molecular weight is 304 g/mol. The minimum Gasteiger partial charge on any atom is -0.484 e. The van der Waals surface area contributed by atoms with Crippen LogP contribution in [0, 0.1) is 17.7 Å². The molecule has 0 saturated carbocycles. The second-order valence-corrected chi connectivity index (χ2v) is 5.21. The average Bonchev–Trinajstić information content (AvgIpc) is 2.55. The van der Waals surface area contributed by atoms with Crippen molar-refractivity contribution in [2.45, 2.75) is 19.3 Å². The number of nitrogens with zero attached hydrogens (tertiary/aromatic N) is 1. The van der Waals surface area contributed by atoms with Crippen molar-refractivity contribution in [1.29, 1.82) is 0 Å². The van der Waals surface area contributed by atoms with Crippen LogP contribution in [0.4, 0.5) is 4.39 Å². The fourth-order valence-corrected chi connectivity index (χ4v) is 2.22. The second-order valence-electron chi connectivity index (χ2n) is 5.21. The van der Waals surface area contributed by atoms with Gasteiger partial charge in [-0.3, -0.25) is 9.69 Å². The molecule has 1 aliphatic rings. The number of amides is 1. The molecule has 1 N–H and O–H groups in total. The van der Waals surface area contributed by atoms with Gasteiger partial charge in [0.1, 0.15) is 11.6 Å². The van der Waals surface area contributed by atoms with Crippen LogP contribution in [0.5, 0.6) is 5.75 Å². The van der Waals surface area contributed by atoms with Crippen LogP contribution < -0.4 is 10.1 Å². The number of carbonyl (C=O) groups excluding carboxylic acids is 1. The Morgan fingerprint density at radius 3 is 2.64 bits per heavy atom. The summed E-state index contributed by atoms with van der Waals surface area (Å²) in [4.78, 5) is 13.9. The molecule has 5 heteroatoms. The standard InChI is InChI=1S/C17H21FN2O2/c18-15-6-8-16(9-7-15)22-14-17(21)19-10-2-5-13-20-11-3-1-4-12-20/h6-9H,1,3-4,10-14H2,(H,19,21). The van der Waals surface area contributed by atoms with E-state index in [2.05, 4.69) is 22.1 Å². The van der Waals surface area contributed by atoms with Crippen LogP contribution in [0.2, 0.25) is 0 Å². The first-order valence-electron chi connectivity index (χ1n) is 7.57. The summed E-state index contributed by atoms with van der Waals surface area (Å²) in [6.07, 6.45) is 3.81. The number of halogens is 1. The van der Waals surface area contributed by atoms with Gasteiger partial charge >= 0.3 is 0 Å². The molecule has 0 bridgehead atoms. The van der Waals surface area contributed by atoms with E-state index >= 15 is 0 Å². The van der Waals surface area contributed by atoms with Gasteiger partial charge in [-0.05, 0) is 50.2 Å². The Hall–Kier alpha value is -2.06. The lowest BCUT2D eigenvalue weighted by Crippen LogP contribution is -2.30. The Balaban J connectivity index is 1.58. The fraction of sp³-hybridized carbons (Fsp3) is 0.471. The van der Waals surface area contributed by atoms with E-state index in [4.69, 9.17) is 4.74 Å². The molecule has 0 spiro atoms. The monoisotopic (exact) mass is 304 g/mol. The molecule has 2 rings (SSSR count). The molecule has 1 fully saturated rings. The van der Waals surface area contributed by atoms with Gasteiger partial charge < -0.3 is 10.1 Å². The summed E-state index contributed by atoms with van der Waals surface area (Å²) in [5.41, 5.74) is 0. The smallest absolute Gasteiger partial charge is 0.258 e. The highest BCUT2D eigenvalue weighted by atomic mass is 19.1. The number of hydrogen-bond acceptors (Lipinski definition) is 3. The Bertz CT molecular complexity index is 528. The number of piperidine rings is 1. The molecule has 1 amide bonds. The number of likely N-dealkylation sites (tertiary alicyclic amines) is 1. The first-order chi connectivity index (χ1) is 10.7. The molecular weight excluding hydrogens is 283 g/mol. The van der Waals surface area contributed by atoms with Gasteiger partial charge in [-0.25, -0.2) is 4.39 Å². The summed E-state index contributed by atoms with van der Waals surface area (Å²) >= 11 is 0. The maximum absolute atomic E-state index is 12.7. The third-order valence-electron chi connectivity index (χ3n) is 3.43. The van der Waals surface area contributed by atoms with E-state index in [1.165, 1.54) is 43.5 Å². The van der Waals surface area contributed by atoms with Gasteiger partial charge in [-0.15, -0.1) is 0 Å². The van der Waals surface area contributed by atoms with Gasteiger partial charge in [0.25, 0.3) is 5.91 Å². The van der Waals surface area contributed by atoms with Crippen LogP contribution >= 0.6 is 0 Å². The Morgan fingerprint density at radius 2 is 1.91 bits per heavy atom. The van der Waals surface area contributed by atoms with E-state index in [-0.39, 0.29) is 18.3 Å². The SMILES string of the molecule is O=C(COc1ccc(F)cc1)NCC#CCN1CCCCC1. The molecule has 0 aliphatic carbocycles. The van der Waals surface area contributed by atoms with Crippen molar-refractivity contribution in [2.24, 2.45) is 0 Å². The number of ether oxygens (including phenoxy) is 1. The van der Waals surface area contributed by atoms with Crippen molar-refractivity contribution in [3.8, 4) is 17.6 Å². The number of benzene rings is 1. The third-order valence-corrected chi connectivity index (χ3v) is 3.43. The zero-order chi connectivity index (χ0) is 15.6. The lowest BCUT2D eigenvalue weighted by molar-refractivity contribution is -0.122. The molecule has 1 aromatic rings. The van der Waals surface area contributed by atoms with Crippen molar-refractivity contribution in [3.05, 3.63) is 30.1 Å². The highest BCUT2D eigenvalue weighted by molar-refractivity contribution is 5.77. The number of carbonyl (C=O) groups is 1. The highest BCUT2D eigenvalue weighted by Crippen LogP contribution is 2.10. The van der Waals surface area contributed by atoms with Crippen LogP contribution in [0.1, 0.15) is 19.3 Å².